The summed E-state index contributed by atoms with van der Waals surface area (Å²) in [6.07, 6.45) is 0.766. The predicted molar refractivity (Wildman–Crippen MR) is 85.0 cm³/mol. The molecule has 8 heteroatoms. The molecule has 2 aliphatic carbocycles. The number of carbonyl (C=O) groups excluding carboxylic acids is 1. The van der Waals surface area contributed by atoms with Crippen molar-refractivity contribution in [3.8, 4) is 0 Å². The molecular weight excluding hydrogens is 335 g/mol. The van der Waals surface area contributed by atoms with Gasteiger partial charge in [0.1, 0.15) is 12.1 Å². The largest absolute Gasteiger partial charge is 0.421 e. The van der Waals surface area contributed by atoms with Gasteiger partial charge in [-0.25, -0.2) is 4.68 Å². The molecule has 1 N–H and O–H groups in total. The summed E-state index contributed by atoms with van der Waals surface area (Å²) in [5.41, 5.74) is -2.27. The molecule has 2 saturated carbocycles. The van der Waals surface area contributed by atoms with Crippen molar-refractivity contribution < 1.29 is 18.0 Å². The maximum absolute atomic E-state index is 13.1. The summed E-state index contributed by atoms with van der Waals surface area (Å²) in [6.45, 7) is 1.57. The summed E-state index contributed by atoms with van der Waals surface area (Å²) in [6, 6.07) is 0.836. The number of halogens is 3. The van der Waals surface area contributed by atoms with E-state index in [9.17, 15) is 22.8 Å². The van der Waals surface area contributed by atoms with Gasteiger partial charge in [0.25, 0.3) is 5.56 Å². The van der Waals surface area contributed by atoms with E-state index in [1.165, 1.54) is 0 Å². The van der Waals surface area contributed by atoms with Crippen LogP contribution < -0.4 is 10.9 Å². The summed E-state index contributed by atoms with van der Waals surface area (Å²) >= 11 is 0. The molecule has 0 saturated heterocycles. The SMILES string of the molecule is C[C@H]1CCCC[C@H]1NC(=O)Cn1nc(C2CC2)cc(C(F)(F)F)c1=O. The highest BCUT2D eigenvalue weighted by molar-refractivity contribution is 5.76. The predicted octanol–water partition coefficient (Wildman–Crippen LogP) is 2.83. The van der Waals surface area contributed by atoms with Gasteiger partial charge in [0, 0.05) is 12.0 Å². The van der Waals surface area contributed by atoms with Crippen LogP contribution >= 0.6 is 0 Å². The molecule has 138 valence electrons. The first-order valence-corrected chi connectivity index (χ1v) is 8.74. The van der Waals surface area contributed by atoms with Crippen molar-refractivity contribution in [3.63, 3.8) is 0 Å². The molecule has 5 nitrogen and oxygen atoms in total. The van der Waals surface area contributed by atoms with Gasteiger partial charge in [-0.3, -0.25) is 9.59 Å². The first kappa shape index (κ1) is 17.9. The average Bonchev–Trinajstić information content (AvgIpc) is 3.35. The van der Waals surface area contributed by atoms with Gasteiger partial charge in [-0.1, -0.05) is 19.8 Å². The van der Waals surface area contributed by atoms with Gasteiger partial charge in [-0.05, 0) is 37.7 Å². The first-order chi connectivity index (χ1) is 11.8. The Morgan fingerprint density at radius 1 is 1.28 bits per heavy atom. The Morgan fingerprint density at radius 2 is 1.96 bits per heavy atom. The third-order valence-corrected chi connectivity index (χ3v) is 5.05. The fourth-order valence-electron chi connectivity index (χ4n) is 3.37. The van der Waals surface area contributed by atoms with Crippen LogP contribution in [0.25, 0.3) is 0 Å². The summed E-state index contributed by atoms with van der Waals surface area (Å²) in [7, 11) is 0. The monoisotopic (exact) mass is 357 g/mol. The lowest BCUT2D eigenvalue weighted by atomic mass is 9.86. The van der Waals surface area contributed by atoms with Gasteiger partial charge in [0.2, 0.25) is 5.91 Å². The molecule has 0 radical (unpaired) electrons. The summed E-state index contributed by atoms with van der Waals surface area (Å²) in [4.78, 5) is 24.3. The summed E-state index contributed by atoms with van der Waals surface area (Å²) in [5, 5.41) is 6.85. The van der Waals surface area contributed by atoms with Crippen LogP contribution in [-0.4, -0.2) is 21.7 Å². The molecule has 1 aromatic rings. The van der Waals surface area contributed by atoms with Crippen molar-refractivity contribution in [1.29, 1.82) is 0 Å². The van der Waals surface area contributed by atoms with Crippen molar-refractivity contribution >= 4 is 5.91 Å². The van der Waals surface area contributed by atoms with Crippen molar-refractivity contribution in [2.45, 2.75) is 70.1 Å². The molecular formula is C17H22F3N3O2. The van der Waals surface area contributed by atoms with Crippen LogP contribution in [-0.2, 0) is 17.5 Å². The van der Waals surface area contributed by atoms with Gasteiger partial charge in [-0.15, -0.1) is 0 Å². The molecule has 1 aromatic heterocycles. The highest BCUT2D eigenvalue weighted by atomic mass is 19.4. The Morgan fingerprint density at radius 3 is 2.56 bits per heavy atom. The Bertz CT molecular complexity index is 710. The van der Waals surface area contributed by atoms with E-state index in [0.717, 1.165) is 44.6 Å². The highest BCUT2D eigenvalue weighted by Gasteiger charge is 2.38. The van der Waals surface area contributed by atoms with Crippen molar-refractivity contribution in [1.82, 2.24) is 15.1 Å². The maximum atomic E-state index is 13.1. The number of hydrogen-bond acceptors (Lipinski definition) is 3. The van der Waals surface area contributed by atoms with Crippen LogP contribution in [0.3, 0.4) is 0 Å². The number of alkyl halides is 3. The van der Waals surface area contributed by atoms with Crippen LogP contribution in [0, 0.1) is 5.92 Å². The number of rotatable bonds is 4. The quantitative estimate of drug-likeness (QED) is 0.901. The highest BCUT2D eigenvalue weighted by Crippen LogP contribution is 2.40. The average molecular weight is 357 g/mol. The molecule has 0 spiro atoms. The Hall–Kier alpha value is -1.86. The van der Waals surface area contributed by atoms with E-state index < -0.39 is 29.8 Å². The zero-order chi connectivity index (χ0) is 18.2. The summed E-state index contributed by atoms with van der Waals surface area (Å²) in [5.74, 6) is -0.185. The molecule has 2 atom stereocenters. The van der Waals surface area contributed by atoms with Crippen molar-refractivity contribution in [2.24, 2.45) is 5.92 Å². The van der Waals surface area contributed by atoms with Crippen LogP contribution in [0.1, 0.15) is 62.6 Å². The minimum Gasteiger partial charge on any atom is -0.351 e. The van der Waals surface area contributed by atoms with E-state index in [0.29, 0.717) is 10.6 Å². The number of carbonyl (C=O) groups is 1. The topological polar surface area (TPSA) is 64.0 Å². The molecule has 1 heterocycles. The second-order valence-electron chi connectivity index (χ2n) is 7.15. The minimum absolute atomic E-state index is 0.00523. The number of nitrogens with one attached hydrogen (secondary N) is 1. The third-order valence-electron chi connectivity index (χ3n) is 5.05. The van der Waals surface area contributed by atoms with Crippen LogP contribution in [0.4, 0.5) is 13.2 Å². The minimum atomic E-state index is -4.75. The van der Waals surface area contributed by atoms with Gasteiger partial charge in [-0.2, -0.15) is 18.3 Å². The number of aromatic nitrogens is 2. The fourth-order valence-corrected chi connectivity index (χ4v) is 3.37. The van der Waals surface area contributed by atoms with Crippen LogP contribution in [0.15, 0.2) is 10.9 Å². The smallest absolute Gasteiger partial charge is 0.351 e. The van der Waals surface area contributed by atoms with E-state index in [2.05, 4.69) is 10.4 Å². The second kappa shape index (κ2) is 6.80. The molecule has 2 fully saturated rings. The van der Waals surface area contributed by atoms with Crippen LogP contribution in [0.2, 0.25) is 0 Å². The van der Waals surface area contributed by atoms with Crippen molar-refractivity contribution in [2.75, 3.05) is 0 Å². The molecule has 25 heavy (non-hydrogen) atoms. The lowest BCUT2D eigenvalue weighted by Gasteiger charge is -2.29. The number of nitrogens with zero attached hydrogens (tertiary/aromatic N) is 2. The van der Waals surface area contributed by atoms with Gasteiger partial charge >= 0.3 is 6.18 Å². The molecule has 0 aromatic carbocycles. The fraction of sp³-hybridized carbons (Fsp3) is 0.706. The lowest BCUT2D eigenvalue weighted by molar-refractivity contribution is -0.139. The van der Waals surface area contributed by atoms with Gasteiger partial charge < -0.3 is 5.32 Å². The lowest BCUT2D eigenvalue weighted by Crippen LogP contribution is -2.44. The van der Waals surface area contributed by atoms with E-state index >= 15 is 0 Å². The van der Waals surface area contributed by atoms with E-state index in [-0.39, 0.29) is 17.7 Å². The second-order valence-corrected chi connectivity index (χ2v) is 7.15. The normalized spacial score (nSPS) is 24.2. The van der Waals surface area contributed by atoms with E-state index in [4.69, 9.17) is 0 Å². The maximum Gasteiger partial charge on any atom is 0.421 e. The summed E-state index contributed by atoms with van der Waals surface area (Å²) < 4.78 is 40.0. The Kier molecular flexibility index (Phi) is 4.88. The van der Waals surface area contributed by atoms with E-state index in [1.807, 2.05) is 6.92 Å². The number of hydrogen-bond donors (Lipinski definition) is 1. The molecule has 0 aliphatic heterocycles. The zero-order valence-corrected chi connectivity index (χ0v) is 14.1. The molecule has 0 bridgehead atoms. The van der Waals surface area contributed by atoms with Gasteiger partial charge in [0.15, 0.2) is 0 Å². The van der Waals surface area contributed by atoms with Crippen LogP contribution in [0.5, 0.6) is 0 Å². The Balaban J connectivity index is 1.80. The Labute approximate surface area is 143 Å². The molecule has 2 aliphatic rings. The molecule has 3 rings (SSSR count). The third kappa shape index (κ3) is 4.22. The number of amides is 1. The van der Waals surface area contributed by atoms with Gasteiger partial charge in [0.05, 0.1) is 5.69 Å². The first-order valence-electron chi connectivity index (χ1n) is 8.74. The van der Waals surface area contributed by atoms with Crippen molar-refractivity contribution in [3.05, 3.63) is 27.7 Å². The molecule has 1 amide bonds. The zero-order valence-electron chi connectivity index (χ0n) is 14.1. The molecule has 0 unspecified atom stereocenters. The van der Waals surface area contributed by atoms with E-state index in [1.54, 1.807) is 0 Å². The standard InChI is InChI=1S/C17H22F3N3O2/c1-10-4-2-3-5-13(10)21-15(24)9-23-16(25)12(17(18,19)20)8-14(22-23)11-6-7-11/h8,10-11,13H,2-7,9H2,1H3,(H,21,24)/t10-,13+/m0/s1.